The van der Waals surface area contributed by atoms with Crippen molar-refractivity contribution >= 4 is 11.6 Å². The highest BCUT2D eigenvalue weighted by Crippen LogP contribution is 2.37. The second-order valence-electron chi connectivity index (χ2n) is 4.28. The molecule has 3 heteroatoms. The van der Waals surface area contributed by atoms with Crippen LogP contribution in [-0.4, -0.2) is 6.61 Å². The van der Waals surface area contributed by atoms with Crippen molar-refractivity contribution in [3.63, 3.8) is 0 Å². The molecule has 0 spiro atoms. The summed E-state index contributed by atoms with van der Waals surface area (Å²) in [5.74, 6) is 0.786. The van der Waals surface area contributed by atoms with E-state index in [0.29, 0.717) is 11.6 Å². The molecule has 2 rings (SSSR count). The van der Waals surface area contributed by atoms with Crippen LogP contribution in [0.1, 0.15) is 25.0 Å². The monoisotopic (exact) mass is 221 g/mol. The largest absolute Gasteiger partial charge is 0.491 e. The molecule has 0 radical (unpaired) electrons. The Balaban J connectivity index is 2.54. The molecule has 15 heavy (non-hydrogen) atoms. The molecule has 0 aliphatic carbocycles. The number of nitriles is 1. The molecule has 0 N–H and O–H groups in total. The maximum atomic E-state index is 9.06. The zero-order valence-corrected chi connectivity index (χ0v) is 9.56. The number of ether oxygens (including phenoxy) is 1. The van der Waals surface area contributed by atoms with Gasteiger partial charge in [0.25, 0.3) is 0 Å². The van der Waals surface area contributed by atoms with Gasteiger partial charge in [-0.1, -0.05) is 17.7 Å². The van der Waals surface area contributed by atoms with Gasteiger partial charge in [0.05, 0.1) is 23.1 Å². The summed E-state index contributed by atoms with van der Waals surface area (Å²) in [6.07, 6.45) is 0.879. The SMILES string of the molecule is CC(C)(C#N)c1cc(Cl)c2c(c1)CCO2. The number of nitrogens with zero attached hydrogens (tertiary/aromatic N) is 1. The predicted molar refractivity (Wildman–Crippen MR) is 59.3 cm³/mol. The van der Waals surface area contributed by atoms with E-state index in [1.807, 2.05) is 26.0 Å². The minimum atomic E-state index is -0.499. The summed E-state index contributed by atoms with van der Waals surface area (Å²) in [7, 11) is 0. The first-order valence-electron chi connectivity index (χ1n) is 4.91. The zero-order chi connectivity index (χ0) is 11.1. The third-order valence-corrected chi connectivity index (χ3v) is 3.02. The van der Waals surface area contributed by atoms with Gasteiger partial charge >= 0.3 is 0 Å². The highest BCUT2D eigenvalue weighted by molar-refractivity contribution is 6.32. The fourth-order valence-corrected chi connectivity index (χ4v) is 1.98. The van der Waals surface area contributed by atoms with Crippen molar-refractivity contribution in [1.82, 2.24) is 0 Å². The Morgan fingerprint density at radius 3 is 2.87 bits per heavy atom. The lowest BCUT2D eigenvalue weighted by Gasteiger charge is -2.17. The van der Waals surface area contributed by atoms with E-state index in [9.17, 15) is 0 Å². The molecule has 0 fully saturated rings. The first-order chi connectivity index (χ1) is 7.04. The Hall–Kier alpha value is -1.20. The molecular formula is C12H12ClNO. The lowest BCUT2D eigenvalue weighted by atomic mass is 9.85. The van der Waals surface area contributed by atoms with E-state index < -0.39 is 5.41 Å². The van der Waals surface area contributed by atoms with Crippen LogP contribution in [0.4, 0.5) is 0 Å². The second kappa shape index (κ2) is 3.43. The number of hydrogen-bond donors (Lipinski definition) is 0. The van der Waals surface area contributed by atoms with Crippen molar-refractivity contribution in [2.24, 2.45) is 0 Å². The molecule has 78 valence electrons. The quantitative estimate of drug-likeness (QED) is 0.730. The van der Waals surface area contributed by atoms with E-state index in [1.54, 1.807) is 0 Å². The summed E-state index contributed by atoms with van der Waals surface area (Å²) in [5, 5.41) is 9.68. The van der Waals surface area contributed by atoms with Crippen LogP contribution in [0.3, 0.4) is 0 Å². The number of benzene rings is 1. The maximum Gasteiger partial charge on any atom is 0.141 e. The Labute approximate surface area is 94.4 Å². The van der Waals surface area contributed by atoms with Crippen molar-refractivity contribution in [3.05, 3.63) is 28.3 Å². The van der Waals surface area contributed by atoms with Crippen molar-refractivity contribution in [2.45, 2.75) is 25.7 Å². The standard InChI is InChI=1S/C12H12ClNO/c1-12(2,7-14)9-5-8-3-4-15-11(8)10(13)6-9/h5-6H,3-4H2,1-2H3. The number of rotatable bonds is 1. The Morgan fingerprint density at radius 1 is 1.47 bits per heavy atom. The molecule has 0 atom stereocenters. The third-order valence-electron chi connectivity index (χ3n) is 2.74. The van der Waals surface area contributed by atoms with Gasteiger partial charge in [0.2, 0.25) is 0 Å². The van der Waals surface area contributed by atoms with Gasteiger partial charge in [-0.2, -0.15) is 5.26 Å². The maximum absolute atomic E-state index is 9.06. The molecule has 0 unspecified atom stereocenters. The van der Waals surface area contributed by atoms with Gasteiger partial charge in [0, 0.05) is 6.42 Å². The highest BCUT2D eigenvalue weighted by Gasteiger charge is 2.24. The van der Waals surface area contributed by atoms with E-state index in [2.05, 4.69) is 6.07 Å². The average molecular weight is 222 g/mol. The normalized spacial score (nSPS) is 14.3. The average Bonchev–Trinajstić information content (AvgIpc) is 2.66. The molecule has 0 aromatic heterocycles. The molecule has 1 heterocycles. The van der Waals surface area contributed by atoms with Crippen molar-refractivity contribution in [1.29, 1.82) is 5.26 Å². The first kappa shape index (κ1) is 10.3. The summed E-state index contributed by atoms with van der Waals surface area (Å²) in [5.41, 5.74) is 1.57. The fraction of sp³-hybridized carbons (Fsp3) is 0.417. The second-order valence-corrected chi connectivity index (χ2v) is 4.69. The summed E-state index contributed by atoms with van der Waals surface area (Å²) in [4.78, 5) is 0. The van der Waals surface area contributed by atoms with Crippen LogP contribution in [0.15, 0.2) is 12.1 Å². The van der Waals surface area contributed by atoms with E-state index in [0.717, 1.165) is 23.3 Å². The van der Waals surface area contributed by atoms with Gasteiger partial charge in [-0.3, -0.25) is 0 Å². The van der Waals surface area contributed by atoms with Gasteiger partial charge in [-0.05, 0) is 31.0 Å². The van der Waals surface area contributed by atoms with Crippen LogP contribution < -0.4 is 4.74 Å². The lowest BCUT2D eigenvalue weighted by molar-refractivity contribution is 0.357. The molecule has 1 aliphatic rings. The molecule has 2 nitrogen and oxygen atoms in total. The van der Waals surface area contributed by atoms with Crippen LogP contribution in [0, 0.1) is 11.3 Å². The first-order valence-corrected chi connectivity index (χ1v) is 5.29. The summed E-state index contributed by atoms with van der Waals surface area (Å²) >= 11 is 6.10. The third kappa shape index (κ3) is 1.68. The van der Waals surface area contributed by atoms with E-state index in [4.69, 9.17) is 21.6 Å². The zero-order valence-electron chi connectivity index (χ0n) is 8.80. The van der Waals surface area contributed by atoms with E-state index in [-0.39, 0.29) is 0 Å². The van der Waals surface area contributed by atoms with Crippen LogP contribution in [0.25, 0.3) is 0 Å². The van der Waals surface area contributed by atoms with Crippen LogP contribution in [0.2, 0.25) is 5.02 Å². The van der Waals surface area contributed by atoms with Crippen LogP contribution in [-0.2, 0) is 11.8 Å². The molecule has 0 saturated carbocycles. The topological polar surface area (TPSA) is 33.0 Å². The number of hydrogen-bond acceptors (Lipinski definition) is 2. The molecule has 0 saturated heterocycles. The number of halogens is 1. The Morgan fingerprint density at radius 2 is 2.20 bits per heavy atom. The van der Waals surface area contributed by atoms with E-state index >= 15 is 0 Å². The smallest absolute Gasteiger partial charge is 0.141 e. The van der Waals surface area contributed by atoms with Crippen molar-refractivity contribution < 1.29 is 4.74 Å². The molecule has 1 aromatic carbocycles. The van der Waals surface area contributed by atoms with Gasteiger partial charge < -0.3 is 4.74 Å². The van der Waals surface area contributed by atoms with Crippen molar-refractivity contribution in [2.75, 3.05) is 6.61 Å². The predicted octanol–water partition coefficient (Wildman–Crippen LogP) is 3.08. The highest BCUT2D eigenvalue weighted by atomic mass is 35.5. The lowest BCUT2D eigenvalue weighted by Crippen LogP contribution is -2.14. The molecule has 1 aliphatic heterocycles. The molecule has 1 aromatic rings. The minimum absolute atomic E-state index is 0.499. The van der Waals surface area contributed by atoms with E-state index in [1.165, 1.54) is 0 Å². The molecular weight excluding hydrogens is 210 g/mol. The summed E-state index contributed by atoms with van der Waals surface area (Å²) in [6, 6.07) is 6.13. The molecule has 0 amide bonds. The summed E-state index contributed by atoms with van der Waals surface area (Å²) in [6.45, 7) is 4.47. The van der Waals surface area contributed by atoms with Gasteiger partial charge in [0.15, 0.2) is 0 Å². The van der Waals surface area contributed by atoms with Crippen LogP contribution >= 0.6 is 11.6 Å². The van der Waals surface area contributed by atoms with Crippen LogP contribution in [0.5, 0.6) is 5.75 Å². The van der Waals surface area contributed by atoms with Crippen molar-refractivity contribution in [3.8, 4) is 11.8 Å². The Bertz CT molecular complexity index is 446. The summed E-state index contributed by atoms with van der Waals surface area (Å²) < 4.78 is 5.42. The minimum Gasteiger partial charge on any atom is -0.491 e. The van der Waals surface area contributed by atoms with Gasteiger partial charge in [-0.25, -0.2) is 0 Å². The molecule has 0 bridgehead atoms. The fourth-order valence-electron chi connectivity index (χ4n) is 1.69. The van der Waals surface area contributed by atoms with Gasteiger partial charge in [-0.15, -0.1) is 0 Å². The van der Waals surface area contributed by atoms with Gasteiger partial charge in [0.1, 0.15) is 5.75 Å². The Kier molecular flexibility index (Phi) is 2.36. The number of fused-ring (bicyclic) bond motifs is 1.